The molecule has 0 saturated carbocycles. The Balaban J connectivity index is 1.59. The Morgan fingerprint density at radius 3 is 2.52 bits per heavy atom. The van der Waals surface area contributed by atoms with E-state index in [4.69, 9.17) is 4.42 Å². The maximum Gasteiger partial charge on any atom is 0.270 e. The van der Waals surface area contributed by atoms with Crippen molar-refractivity contribution >= 4 is 33.2 Å². The van der Waals surface area contributed by atoms with E-state index in [0.717, 1.165) is 15.8 Å². The van der Waals surface area contributed by atoms with Gasteiger partial charge in [0.15, 0.2) is 0 Å². The summed E-state index contributed by atoms with van der Waals surface area (Å²) in [5.74, 6) is 0.462. The molecule has 1 aromatic carbocycles. The molecule has 0 fully saturated rings. The standard InChI is InChI=1S/C17H14BrN3O2/c18-12-3-5-13(6-4-12)21-14-7-8-16(19-10-14)17(22)20-11-15-2-1-9-23-15/h1-10,21H,11H2,(H,20,22). The number of benzene rings is 1. The van der Waals surface area contributed by atoms with Crippen molar-refractivity contribution in [2.24, 2.45) is 0 Å². The summed E-state index contributed by atoms with van der Waals surface area (Å²) in [6.45, 7) is 0.340. The first-order valence-corrected chi connectivity index (χ1v) is 7.79. The first-order chi connectivity index (χ1) is 11.2. The van der Waals surface area contributed by atoms with Crippen LogP contribution < -0.4 is 10.6 Å². The lowest BCUT2D eigenvalue weighted by atomic mass is 10.3. The van der Waals surface area contributed by atoms with Crippen LogP contribution in [0.1, 0.15) is 16.2 Å². The number of hydrogen-bond acceptors (Lipinski definition) is 4. The highest BCUT2D eigenvalue weighted by Crippen LogP contribution is 2.18. The molecule has 6 heteroatoms. The van der Waals surface area contributed by atoms with Crippen LogP contribution in [0.25, 0.3) is 0 Å². The maximum atomic E-state index is 12.0. The average Bonchev–Trinajstić information content (AvgIpc) is 3.09. The molecule has 3 aromatic rings. The number of anilines is 2. The van der Waals surface area contributed by atoms with Crippen molar-refractivity contribution < 1.29 is 9.21 Å². The number of aromatic nitrogens is 1. The van der Waals surface area contributed by atoms with E-state index >= 15 is 0 Å². The Morgan fingerprint density at radius 1 is 1.09 bits per heavy atom. The van der Waals surface area contributed by atoms with Crippen LogP contribution in [0, 0.1) is 0 Å². The molecule has 23 heavy (non-hydrogen) atoms. The van der Waals surface area contributed by atoms with Crippen LogP contribution in [0.4, 0.5) is 11.4 Å². The van der Waals surface area contributed by atoms with Crippen LogP contribution in [0.15, 0.2) is 69.9 Å². The zero-order valence-electron chi connectivity index (χ0n) is 12.1. The quantitative estimate of drug-likeness (QED) is 0.707. The molecule has 0 spiro atoms. The number of furan rings is 1. The number of rotatable bonds is 5. The van der Waals surface area contributed by atoms with Gasteiger partial charge >= 0.3 is 0 Å². The summed E-state index contributed by atoms with van der Waals surface area (Å²) in [5, 5.41) is 5.98. The van der Waals surface area contributed by atoms with E-state index in [1.807, 2.05) is 30.3 Å². The fourth-order valence-corrected chi connectivity index (χ4v) is 2.24. The first kappa shape index (κ1) is 15.3. The molecule has 2 N–H and O–H groups in total. The molecule has 2 aromatic heterocycles. The monoisotopic (exact) mass is 371 g/mol. The number of halogens is 1. The summed E-state index contributed by atoms with van der Waals surface area (Å²) < 4.78 is 6.18. The van der Waals surface area contributed by atoms with E-state index < -0.39 is 0 Å². The molecule has 0 aliphatic carbocycles. The lowest BCUT2D eigenvalue weighted by Crippen LogP contribution is -2.23. The minimum atomic E-state index is -0.239. The van der Waals surface area contributed by atoms with Gasteiger partial charge in [0.2, 0.25) is 0 Å². The summed E-state index contributed by atoms with van der Waals surface area (Å²) in [4.78, 5) is 16.2. The van der Waals surface area contributed by atoms with Gasteiger partial charge < -0.3 is 15.1 Å². The molecule has 0 bridgehead atoms. The maximum absolute atomic E-state index is 12.0. The third-order valence-corrected chi connectivity index (χ3v) is 3.66. The second-order valence-corrected chi connectivity index (χ2v) is 5.74. The van der Waals surface area contributed by atoms with E-state index in [9.17, 15) is 4.79 Å². The van der Waals surface area contributed by atoms with Crippen LogP contribution in [0.5, 0.6) is 0 Å². The predicted octanol–water partition coefficient (Wildman–Crippen LogP) is 4.11. The Hall–Kier alpha value is -2.60. The summed E-state index contributed by atoms with van der Waals surface area (Å²) in [7, 11) is 0. The highest BCUT2D eigenvalue weighted by Gasteiger charge is 2.07. The molecule has 0 aliphatic heterocycles. The first-order valence-electron chi connectivity index (χ1n) is 7.00. The molecule has 0 aliphatic rings. The molecule has 1 amide bonds. The van der Waals surface area contributed by atoms with Gasteiger partial charge in [0.1, 0.15) is 11.5 Å². The van der Waals surface area contributed by atoms with E-state index in [-0.39, 0.29) is 5.91 Å². The molecule has 116 valence electrons. The third-order valence-electron chi connectivity index (χ3n) is 3.13. The van der Waals surface area contributed by atoms with Crippen molar-refractivity contribution in [1.82, 2.24) is 10.3 Å². The third kappa shape index (κ3) is 4.20. The molecule has 5 nitrogen and oxygen atoms in total. The van der Waals surface area contributed by atoms with Crippen molar-refractivity contribution in [3.63, 3.8) is 0 Å². The van der Waals surface area contributed by atoms with Crippen molar-refractivity contribution in [3.8, 4) is 0 Å². The second-order valence-electron chi connectivity index (χ2n) is 4.83. The lowest BCUT2D eigenvalue weighted by molar-refractivity contribution is 0.0943. The fourth-order valence-electron chi connectivity index (χ4n) is 1.97. The zero-order chi connectivity index (χ0) is 16.1. The summed E-state index contributed by atoms with van der Waals surface area (Å²) in [5.41, 5.74) is 2.12. The van der Waals surface area contributed by atoms with Gasteiger partial charge in [0, 0.05) is 10.2 Å². The predicted molar refractivity (Wildman–Crippen MR) is 91.5 cm³/mol. The van der Waals surface area contributed by atoms with Gasteiger partial charge in [-0.1, -0.05) is 15.9 Å². The molecule has 0 atom stereocenters. The summed E-state index contributed by atoms with van der Waals surface area (Å²) >= 11 is 3.39. The normalized spacial score (nSPS) is 10.3. The Morgan fingerprint density at radius 2 is 1.87 bits per heavy atom. The van der Waals surface area contributed by atoms with Crippen LogP contribution >= 0.6 is 15.9 Å². The van der Waals surface area contributed by atoms with E-state index in [1.54, 1.807) is 30.7 Å². The fraction of sp³-hybridized carbons (Fsp3) is 0.0588. The van der Waals surface area contributed by atoms with E-state index in [1.165, 1.54) is 0 Å². The summed E-state index contributed by atoms with van der Waals surface area (Å²) in [6.07, 6.45) is 3.20. The topological polar surface area (TPSA) is 67.2 Å². The van der Waals surface area contributed by atoms with E-state index in [2.05, 4.69) is 31.5 Å². The van der Waals surface area contributed by atoms with Gasteiger partial charge in [-0.15, -0.1) is 0 Å². The Bertz CT molecular complexity index is 769. The number of nitrogens with zero attached hydrogens (tertiary/aromatic N) is 1. The Labute approximate surface area is 141 Å². The molecule has 2 heterocycles. The van der Waals surface area contributed by atoms with Gasteiger partial charge in [-0.25, -0.2) is 4.98 Å². The largest absolute Gasteiger partial charge is 0.467 e. The molecule has 0 saturated heterocycles. The molecule has 0 unspecified atom stereocenters. The SMILES string of the molecule is O=C(NCc1ccco1)c1ccc(Nc2ccc(Br)cc2)cn1. The highest BCUT2D eigenvalue weighted by molar-refractivity contribution is 9.10. The molecular weight excluding hydrogens is 358 g/mol. The lowest BCUT2D eigenvalue weighted by Gasteiger charge is -2.07. The van der Waals surface area contributed by atoms with Crippen molar-refractivity contribution in [2.45, 2.75) is 6.54 Å². The molecule has 3 rings (SSSR count). The van der Waals surface area contributed by atoms with Gasteiger partial charge in [0.25, 0.3) is 5.91 Å². The van der Waals surface area contributed by atoms with Crippen LogP contribution in [0.2, 0.25) is 0 Å². The minimum absolute atomic E-state index is 0.239. The molecular formula is C17H14BrN3O2. The number of carbonyl (C=O) groups excluding carboxylic acids is 1. The van der Waals surface area contributed by atoms with Crippen molar-refractivity contribution in [1.29, 1.82) is 0 Å². The summed E-state index contributed by atoms with van der Waals surface area (Å²) in [6, 6.07) is 14.9. The van der Waals surface area contributed by atoms with Gasteiger partial charge in [-0.2, -0.15) is 0 Å². The van der Waals surface area contributed by atoms with Crippen LogP contribution in [-0.2, 0) is 6.54 Å². The number of pyridine rings is 1. The van der Waals surface area contributed by atoms with Gasteiger partial charge in [0.05, 0.1) is 24.7 Å². The number of amides is 1. The second kappa shape index (κ2) is 7.11. The number of nitrogens with one attached hydrogen (secondary N) is 2. The van der Waals surface area contributed by atoms with Gasteiger partial charge in [-0.05, 0) is 48.5 Å². The number of hydrogen-bond donors (Lipinski definition) is 2. The zero-order valence-corrected chi connectivity index (χ0v) is 13.7. The molecule has 0 radical (unpaired) electrons. The van der Waals surface area contributed by atoms with Crippen LogP contribution in [-0.4, -0.2) is 10.9 Å². The Kier molecular flexibility index (Phi) is 4.73. The van der Waals surface area contributed by atoms with Crippen molar-refractivity contribution in [3.05, 3.63) is 76.9 Å². The minimum Gasteiger partial charge on any atom is -0.467 e. The van der Waals surface area contributed by atoms with E-state index in [0.29, 0.717) is 18.0 Å². The van der Waals surface area contributed by atoms with Crippen LogP contribution in [0.3, 0.4) is 0 Å². The average molecular weight is 372 g/mol. The smallest absolute Gasteiger partial charge is 0.270 e. The highest BCUT2D eigenvalue weighted by atomic mass is 79.9. The van der Waals surface area contributed by atoms with Gasteiger partial charge in [-0.3, -0.25) is 4.79 Å². The van der Waals surface area contributed by atoms with Crippen molar-refractivity contribution in [2.75, 3.05) is 5.32 Å². The number of carbonyl (C=O) groups is 1.